The zero-order chi connectivity index (χ0) is 15.3. The predicted octanol–water partition coefficient (Wildman–Crippen LogP) is 2.19. The first-order valence-corrected chi connectivity index (χ1v) is 6.99. The highest BCUT2D eigenvalue weighted by Crippen LogP contribution is 2.22. The molecule has 1 aromatic carbocycles. The highest BCUT2D eigenvalue weighted by molar-refractivity contribution is 5.79. The van der Waals surface area contributed by atoms with Gasteiger partial charge in [0.05, 0.1) is 13.0 Å². The van der Waals surface area contributed by atoms with E-state index >= 15 is 0 Å². The van der Waals surface area contributed by atoms with Gasteiger partial charge in [0.1, 0.15) is 5.75 Å². The molecule has 0 fully saturated rings. The van der Waals surface area contributed by atoms with Crippen LogP contribution in [0.2, 0.25) is 0 Å². The van der Waals surface area contributed by atoms with Gasteiger partial charge in [-0.1, -0.05) is 31.5 Å². The van der Waals surface area contributed by atoms with Crippen LogP contribution in [0.25, 0.3) is 0 Å². The summed E-state index contributed by atoms with van der Waals surface area (Å²) in [6.07, 6.45) is 0. The molecular formula is C16H26N2O2. The number of carbonyl (C=O) groups is 1. The molecule has 4 heteroatoms. The van der Waals surface area contributed by atoms with E-state index in [0.717, 1.165) is 16.9 Å². The molecule has 0 spiro atoms. The molecule has 1 atom stereocenters. The summed E-state index contributed by atoms with van der Waals surface area (Å²) >= 11 is 0. The van der Waals surface area contributed by atoms with Crippen molar-refractivity contribution in [2.24, 2.45) is 17.6 Å². The molecule has 0 aliphatic heterocycles. The van der Waals surface area contributed by atoms with E-state index in [1.54, 1.807) is 12.0 Å². The number of benzene rings is 1. The average molecular weight is 278 g/mol. The number of rotatable bonds is 6. The Morgan fingerprint density at radius 1 is 1.40 bits per heavy atom. The monoisotopic (exact) mass is 278 g/mol. The van der Waals surface area contributed by atoms with Crippen LogP contribution < -0.4 is 10.5 Å². The lowest BCUT2D eigenvalue weighted by atomic mass is 9.94. The van der Waals surface area contributed by atoms with Gasteiger partial charge in [0.15, 0.2) is 0 Å². The lowest BCUT2D eigenvalue weighted by molar-refractivity contribution is -0.135. The number of hydrogen-bond acceptors (Lipinski definition) is 3. The third kappa shape index (κ3) is 3.97. The molecule has 1 aromatic rings. The van der Waals surface area contributed by atoms with Gasteiger partial charge in [0.2, 0.25) is 5.91 Å². The number of hydrogen-bond donors (Lipinski definition) is 1. The molecule has 2 N–H and O–H groups in total. The van der Waals surface area contributed by atoms with Crippen molar-refractivity contribution in [2.45, 2.75) is 27.3 Å². The largest absolute Gasteiger partial charge is 0.496 e. The van der Waals surface area contributed by atoms with E-state index in [2.05, 4.69) is 6.07 Å². The van der Waals surface area contributed by atoms with Gasteiger partial charge in [-0.3, -0.25) is 4.79 Å². The standard InChI is InChI=1S/C16H26N2O2/c1-11(2)14(9-17)16(19)18(4)10-13-8-12(3)6-7-15(13)20-5/h6-8,11,14H,9-10,17H2,1-5H3. The van der Waals surface area contributed by atoms with Crippen LogP contribution in [0.15, 0.2) is 18.2 Å². The Hall–Kier alpha value is -1.55. The number of nitrogens with zero attached hydrogens (tertiary/aromatic N) is 1. The van der Waals surface area contributed by atoms with Crippen molar-refractivity contribution in [3.05, 3.63) is 29.3 Å². The third-order valence-corrected chi connectivity index (χ3v) is 3.60. The number of carbonyl (C=O) groups excluding carboxylic acids is 1. The van der Waals surface area contributed by atoms with Crippen molar-refractivity contribution >= 4 is 5.91 Å². The maximum Gasteiger partial charge on any atom is 0.227 e. The first-order valence-electron chi connectivity index (χ1n) is 6.99. The van der Waals surface area contributed by atoms with Crippen molar-refractivity contribution in [1.82, 2.24) is 4.90 Å². The van der Waals surface area contributed by atoms with E-state index in [9.17, 15) is 4.79 Å². The number of methoxy groups -OCH3 is 1. The topological polar surface area (TPSA) is 55.6 Å². The smallest absolute Gasteiger partial charge is 0.227 e. The summed E-state index contributed by atoms with van der Waals surface area (Å²) in [7, 11) is 3.46. The Morgan fingerprint density at radius 3 is 2.55 bits per heavy atom. The lowest BCUT2D eigenvalue weighted by Gasteiger charge is -2.26. The second-order valence-corrected chi connectivity index (χ2v) is 5.60. The Labute approximate surface area is 121 Å². The Bertz CT molecular complexity index is 458. The second kappa shape index (κ2) is 7.29. The summed E-state index contributed by atoms with van der Waals surface area (Å²) in [6, 6.07) is 5.99. The molecule has 0 saturated heterocycles. The molecular weight excluding hydrogens is 252 g/mol. The quantitative estimate of drug-likeness (QED) is 0.868. The van der Waals surface area contributed by atoms with Crippen LogP contribution in [-0.2, 0) is 11.3 Å². The van der Waals surface area contributed by atoms with Gasteiger partial charge in [-0.05, 0) is 18.9 Å². The minimum atomic E-state index is -0.129. The van der Waals surface area contributed by atoms with Crippen LogP contribution in [0, 0.1) is 18.8 Å². The van der Waals surface area contributed by atoms with Gasteiger partial charge < -0.3 is 15.4 Å². The molecule has 0 aliphatic carbocycles. The fraction of sp³-hybridized carbons (Fsp3) is 0.562. The molecule has 0 saturated carbocycles. The predicted molar refractivity (Wildman–Crippen MR) is 81.6 cm³/mol. The summed E-state index contributed by atoms with van der Waals surface area (Å²) in [5.41, 5.74) is 7.88. The minimum Gasteiger partial charge on any atom is -0.496 e. The van der Waals surface area contributed by atoms with Crippen molar-refractivity contribution in [3.8, 4) is 5.75 Å². The SMILES string of the molecule is COc1ccc(C)cc1CN(C)C(=O)C(CN)C(C)C. The van der Waals surface area contributed by atoms with Crippen LogP contribution in [0.4, 0.5) is 0 Å². The molecule has 0 aliphatic rings. The summed E-state index contributed by atoms with van der Waals surface area (Å²) in [5, 5.41) is 0. The molecule has 1 unspecified atom stereocenters. The first-order chi connectivity index (χ1) is 9.40. The van der Waals surface area contributed by atoms with E-state index in [0.29, 0.717) is 13.1 Å². The van der Waals surface area contributed by atoms with Gasteiger partial charge in [0, 0.05) is 25.7 Å². The zero-order valence-electron chi connectivity index (χ0n) is 13.1. The molecule has 0 radical (unpaired) electrons. The lowest BCUT2D eigenvalue weighted by Crippen LogP contribution is -2.38. The molecule has 0 bridgehead atoms. The first kappa shape index (κ1) is 16.5. The number of ether oxygens (including phenoxy) is 1. The van der Waals surface area contributed by atoms with E-state index < -0.39 is 0 Å². The van der Waals surface area contributed by atoms with Crippen molar-refractivity contribution < 1.29 is 9.53 Å². The zero-order valence-corrected chi connectivity index (χ0v) is 13.1. The van der Waals surface area contributed by atoms with Crippen LogP contribution >= 0.6 is 0 Å². The van der Waals surface area contributed by atoms with Crippen LogP contribution in [0.1, 0.15) is 25.0 Å². The van der Waals surface area contributed by atoms with Crippen LogP contribution in [-0.4, -0.2) is 31.5 Å². The van der Waals surface area contributed by atoms with Crippen molar-refractivity contribution in [2.75, 3.05) is 20.7 Å². The molecule has 1 rings (SSSR count). The Kier molecular flexibility index (Phi) is 6.02. The highest BCUT2D eigenvalue weighted by Gasteiger charge is 2.24. The maximum atomic E-state index is 12.4. The van der Waals surface area contributed by atoms with E-state index in [4.69, 9.17) is 10.5 Å². The van der Waals surface area contributed by atoms with E-state index in [1.807, 2.05) is 40.0 Å². The molecule has 112 valence electrons. The maximum absolute atomic E-state index is 12.4. The normalized spacial score (nSPS) is 12.3. The fourth-order valence-corrected chi connectivity index (χ4v) is 2.31. The van der Waals surface area contributed by atoms with Gasteiger partial charge >= 0.3 is 0 Å². The third-order valence-electron chi connectivity index (χ3n) is 3.60. The van der Waals surface area contributed by atoms with Crippen molar-refractivity contribution in [3.63, 3.8) is 0 Å². The average Bonchev–Trinajstić information content (AvgIpc) is 2.39. The Morgan fingerprint density at radius 2 is 2.05 bits per heavy atom. The van der Waals surface area contributed by atoms with Gasteiger partial charge in [-0.2, -0.15) is 0 Å². The van der Waals surface area contributed by atoms with Crippen LogP contribution in [0.3, 0.4) is 0 Å². The molecule has 1 amide bonds. The molecule has 0 heterocycles. The second-order valence-electron chi connectivity index (χ2n) is 5.60. The molecule has 0 aromatic heterocycles. The summed E-state index contributed by atoms with van der Waals surface area (Å²) < 4.78 is 5.35. The van der Waals surface area contributed by atoms with Crippen molar-refractivity contribution in [1.29, 1.82) is 0 Å². The fourth-order valence-electron chi connectivity index (χ4n) is 2.31. The Balaban J connectivity index is 2.87. The molecule has 4 nitrogen and oxygen atoms in total. The van der Waals surface area contributed by atoms with E-state index in [1.165, 1.54) is 0 Å². The summed E-state index contributed by atoms with van der Waals surface area (Å²) in [5.74, 6) is 1.01. The van der Waals surface area contributed by atoms with E-state index in [-0.39, 0.29) is 17.7 Å². The van der Waals surface area contributed by atoms with Gasteiger partial charge in [0.25, 0.3) is 0 Å². The number of aryl methyl sites for hydroxylation is 1. The summed E-state index contributed by atoms with van der Waals surface area (Å²) in [4.78, 5) is 14.1. The van der Waals surface area contributed by atoms with Gasteiger partial charge in [-0.25, -0.2) is 0 Å². The minimum absolute atomic E-state index is 0.0889. The summed E-state index contributed by atoms with van der Waals surface area (Å²) in [6.45, 7) is 6.99. The number of nitrogens with two attached hydrogens (primary N) is 1. The molecule has 20 heavy (non-hydrogen) atoms. The highest BCUT2D eigenvalue weighted by atomic mass is 16.5. The van der Waals surface area contributed by atoms with Gasteiger partial charge in [-0.15, -0.1) is 0 Å². The number of amides is 1. The van der Waals surface area contributed by atoms with Crippen LogP contribution in [0.5, 0.6) is 5.75 Å².